The van der Waals surface area contributed by atoms with E-state index in [1.54, 1.807) is 0 Å². The molecule has 1 N–H and O–H groups in total. The highest BCUT2D eigenvalue weighted by Gasteiger charge is 2.15. The van der Waals surface area contributed by atoms with Crippen LogP contribution in [-0.4, -0.2) is 30.6 Å². The molecule has 4 nitrogen and oxygen atoms in total. The molecule has 0 atom stereocenters. The van der Waals surface area contributed by atoms with Gasteiger partial charge in [-0.25, -0.2) is 4.79 Å². The molecule has 0 fully saturated rings. The molecule has 21 heavy (non-hydrogen) atoms. The number of hydrogen-bond donors (Lipinski definition) is 1. The molecule has 0 aliphatic carbocycles. The van der Waals surface area contributed by atoms with E-state index in [4.69, 9.17) is 4.74 Å². The molecule has 1 aromatic carbocycles. The molecule has 0 aliphatic heterocycles. The van der Waals surface area contributed by atoms with Crippen molar-refractivity contribution in [2.75, 3.05) is 25.0 Å². The molecular weight excluding hydrogens is 264 g/mol. The van der Waals surface area contributed by atoms with Crippen molar-refractivity contribution < 1.29 is 9.53 Å². The third kappa shape index (κ3) is 5.66. The van der Waals surface area contributed by atoms with Gasteiger partial charge < -0.3 is 15.0 Å². The lowest BCUT2D eigenvalue weighted by atomic mass is 10.2. The normalized spacial score (nSPS) is 10.6. The molecule has 0 unspecified atom stereocenters. The fraction of sp³-hybridized carbons (Fsp3) is 0.588. The molecule has 0 aliphatic rings. The van der Waals surface area contributed by atoms with E-state index in [0.29, 0.717) is 19.1 Å². The fourth-order valence-electron chi connectivity index (χ4n) is 2.05. The van der Waals surface area contributed by atoms with Crippen molar-refractivity contribution >= 4 is 11.7 Å². The number of anilines is 1. The second kappa shape index (κ2) is 8.55. The molecule has 118 valence electrons. The quantitative estimate of drug-likeness (QED) is 0.814. The molecule has 1 rings (SSSR count). The Morgan fingerprint density at radius 2 is 2.05 bits per heavy atom. The van der Waals surface area contributed by atoms with Gasteiger partial charge in [0, 0.05) is 13.1 Å². The maximum Gasteiger partial charge on any atom is 0.321 e. The van der Waals surface area contributed by atoms with Gasteiger partial charge in [-0.05, 0) is 43.9 Å². The Morgan fingerprint density at radius 1 is 1.33 bits per heavy atom. The number of rotatable bonds is 7. The lowest BCUT2D eigenvalue weighted by Gasteiger charge is -2.24. The SMILES string of the molecule is CCCOc1cc(C)ccc1NC(=O)N(CC)CC(C)C. The minimum Gasteiger partial charge on any atom is -0.491 e. The summed E-state index contributed by atoms with van der Waals surface area (Å²) in [5.41, 5.74) is 1.86. The number of urea groups is 1. The first-order valence-electron chi connectivity index (χ1n) is 7.77. The average molecular weight is 292 g/mol. The van der Waals surface area contributed by atoms with E-state index in [9.17, 15) is 4.79 Å². The zero-order valence-electron chi connectivity index (χ0n) is 13.9. The number of carbonyl (C=O) groups is 1. The Bertz CT molecular complexity index is 458. The number of aryl methyl sites for hydroxylation is 1. The number of hydrogen-bond acceptors (Lipinski definition) is 2. The van der Waals surface area contributed by atoms with E-state index in [-0.39, 0.29) is 6.03 Å². The summed E-state index contributed by atoms with van der Waals surface area (Å²) in [4.78, 5) is 14.2. The van der Waals surface area contributed by atoms with Crippen molar-refractivity contribution in [1.29, 1.82) is 0 Å². The number of nitrogens with one attached hydrogen (secondary N) is 1. The van der Waals surface area contributed by atoms with Crippen LogP contribution in [0, 0.1) is 12.8 Å². The van der Waals surface area contributed by atoms with Crippen LogP contribution in [0.1, 0.15) is 39.7 Å². The highest BCUT2D eigenvalue weighted by molar-refractivity contribution is 5.91. The van der Waals surface area contributed by atoms with E-state index in [0.717, 1.165) is 30.0 Å². The van der Waals surface area contributed by atoms with Gasteiger partial charge in [0.1, 0.15) is 5.75 Å². The van der Waals surface area contributed by atoms with Crippen molar-refractivity contribution in [2.45, 2.75) is 41.0 Å². The molecular formula is C17H28N2O2. The van der Waals surface area contributed by atoms with Crippen LogP contribution < -0.4 is 10.1 Å². The summed E-state index contributed by atoms with van der Waals surface area (Å²) in [7, 11) is 0. The number of amides is 2. The van der Waals surface area contributed by atoms with Crippen LogP contribution in [0.2, 0.25) is 0 Å². The summed E-state index contributed by atoms with van der Waals surface area (Å²) in [6, 6.07) is 5.77. The number of nitrogens with zero attached hydrogens (tertiary/aromatic N) is 1. The Hall–Kier alpha value is -1.71. The van der Waals surface area contributed by atoms with Gasteiger partial charge >= 0.3 is 6.03 Å². The van der Waals surface area contributed by atoms with Gasteiger partial charge in [-0.2, -0.15) is 0 Å². The fourth-order valence-corrected chi connectivity index (χ4v) is 2.05. The van der Waals surface area contributed by atoms with Crippen LogP contribution in [0.15, 0.2) is 18.2 Å². The van der Waals surface area contributed by atoms with Gasteiger partial charge in [0.05, 0.1) is 12.3 Å². The van der Waals surface area contributed by atoms with Gasteiger partial charge in [-0.1, -0.05) is 26.8 Å². The Kier molecular flexibility index (Phi) is 7.06. The van der Waals surface area contributed by atoms with Crippen LogP contribution in [-0.2, 0) is 0 Å². The lowest BCUT2D eigenvalue weighted by Crippen LogP contribution is -2.37. The Labute approximate surface area is 128 Å². The number of ether oxygens (including phenoxy) is 1. The van der Waals surface area contributed by atoms with E-state index >= 15 is 0 Å². The van der Waals surface area contributed by atoms with Gasteiger partial charge in [-0.3, -0.25) is 0 Å². The Balaban J connectivity index is 2.82. The highest BCUT2D eigenvalue weighted by Crippen LogP contribution is 2.26. The molecule has 0 radical (unpaired) electrons. The molecule has 2 amide bonds. The van der Waals surface area contributed by atoms with E-state index in [2.05, 4.69) is 26.1 Å². The second-order valence-corrected chi connectivity index (χ2v) is 5.71. The summed E-state index contributed by atoms with van der Waals surface area (Å²) < 4.78 is 5.73. The highest BCUT2D eigenvalue weighted by atomic mass is 16.5. The third-order valence-electron chi connectivity index (χ3n) is 3.09. The van der Waals surface area contributed by atoms with Crippen LogP contribution in [0.4, 0.5) is 10.5 Å². The van der Waals surface area contributed by atoms with Gasteiger partial charge in [-0.15, -0.1) is 0 Å². The molecule has 0 bridgehead atoms. The first kappa shape index (κ1) is 17.3. The van der Waals surface area contributed by atoms with E-state index in [1.165, 1.54) is 0 Å². The molecule has 0 heterocycles. The van der Waals surface area contributed by atoms with Crippen molar-refractivity contribution in [3.05, 3.63) is 23.8 Å². The maximum atomic E-state index is 12.3. The average Bonchev–Trinajstić information content (AvgIpc) is 2.44. The summed E-state index contributed by atoms with van der Waals surface area (Å²) >= 11 is 0. The zero-order valence-corrected chi connectivity index (χ0v) is 13.9. The molecule has 4 heteroatoms. The number of carbonyl (C=O) groups excluding carboxylic acids is 1. The van der Waals surface area contributed by atoms with E-state index < -0.39 is 0 Å². The van der Waals surface area contributed by atoms with Crippen LogP contribution in [0.5, 0.6) is 5.75 Å². The van der Waals surface area contributed by atoms with E-state index in [1.807, 2.05) is 36.9 Å². The minimum atomic E-state index is -0.0728. The third-order valence-corrected chi connectivity index (χ3v) is 3.09. The van der Waals surface area contributed by atoms with Gasteiger partial charge in [0.15, 0.2) is 0 Å². The zero-order chi connectivity index (χ0) is 15.8. The smallest absolute Gasteiger partial charge is 0.321 e. The second-order valence-electron chi connectivity index (χ2n) is 5.71. The predicted octanol–water partition coefficient (Wildman–Crippen LogP) is 4.29. The molecule has 0 saturated heterocycles. The predicted molar refractivity (Wildman–Crippen MR) is 88.1 cm³/mol. The number of benzene rings is 1. The largest absolute Gasteiger partial charge is 0.491 e. The molecule has 1 aromatic rings. The van der Waals surface area contributed by atoms with Crippen molar-refractivity contribution in [3.8, 4) is 5.75 Å². The van der Waals surface area contributed by atoms with Crippen LogP contribution >= 0.6 is 0 Å². The summed E-state index contributed by atoms with van der Waals surface area (Å²) in [5, 5.41) is 2.97. The monoisotopic (exact) mass is 292 g/mol. The Morgan fingerprint density at radius 3 is 2.62 bits per heavy atom. The van der Waals surface area contributed by atoms with Crippen LogP contribution in [0.3, 0.4) is 0 Å². The van der Waals surface area contributed by atoms with Gasteiger partial charge in [0.2, 0.25) is 0 Å². The standard InChI is InChI=1S/C17H28N2O2/c1-6-10-21-16-11-14(5)8-9-15(16)18-17(20)19(7-2)12-13(3)4/h8-9,11,13H,6-7,10,12H2,1-5H3,(H,18,20). The first-order valence-corrected chi connectivity index (χ1v) is 7.77. The van der Waals surface area contributed by atoms with Crippen molar-refractivity contribution in [1.82, 2.24) is 4.90 Å². The summed E-state index contributed by atoms with van der Waals surface area (Å²) in [6.07, 6.45) is 0.940. The molecule has 0 saturated carbocycles. The maximum absolute atomic E-state index is 12.3. The minimum absolute atomic E-state index is 0.0728. The van der Waals surface area contributed by atoms with Gasteiger partial charge in [0.25, 0.3) is 0 Å². The first-order chi connectivity index (χ1) is 9.97. The summed E-state index contributed by atoms with van der Waals surface area (Å²) in [5.74, 6) is 1.19. The lowest BCUT2D eigenvalue weighted by molar-refractivity contribution is 0.207. The van der Waals surface area contributed by atoms with Crippen LogP contribution in [0.25, 0.3) is 0 Å². The topological polar surface area (TPSA) is 41.6 Å². The van der Waals surface area contributed by atoms with Crippen molar-refractivity contribution in [3.63, 3.8) is 0 Å². The summed E-state index contributed by atoms with van der Waals surface area (Å²) in [6.45, 7) is 12.4. The molecule has 0 aromatic heterocycles. The molecule has 0 spiro atoms. The van der Waals surface area contributed by atoms with Crippen molar-refractivity contribution in [2.24, 2.45) is 5.92 Å².